The van der Waals surface area contributed by atoms with Crippen molar-refractivity contribution >= 4 is 39.1 Å². The van der Waals surface area contributed by atoms with E-state index >= 15 is 0 Å². The van der Waals surface area contributed by atoms with Gasteiger partial charge in [0.1, 0.15) is 18.3 Å². The molecular weight excluding hydrogens is 550 g/mol. The molecule has 0 bridgehead atoms. The van der Waals surface area contributed by atoms with E-state index in [0.717, 1.165) is 15.4 Å². The predicted octanol–water partition coefficient (Wildman–Crippen LogP) is 5.19. The van der Waals surface area contributed by atoms with Gasteiger partial charge in [0, 0.05) is 18.1 Å². The van der Waals surface area contributed by atoms with Crippen molar-refractivity contribution in [2.24, 2.45) is 0 Å². The molecule has 0 unspecified atom stereocenters. The quantitative estimate of drug-likeness (QED) is 0.298. The molecule has 0 radical (unpaired) electrons. The standard InChI is InChI=1S/C30H36ClN3O5S/c1-5-26(30(36)32-6-2)33(20-23-13-9-8-12-22(23)4)29(35)21-34(27-14-10-11-15-28(27)39-7-3)40(37,38)25-18-16-24(31)17-19-25/h8-19,26H,5-7,20-21H2,1-4H3,(H,32,36)/t26-/m1/s1. The summed E-state index contributed by atoms with van der Waals surface area (Å²) in [4.78, 5) is 28.6. The van der Waals surface area contributed by atoms with Gasteiger partial charge in [-0.15, -0.1) is 0 Å². The molecule has 214 valence electrons. The molecule has 8 nitrogen and oxygen atoms in total. The first kappa shape index (κ1) is 31.0. The minimum atomic E-state index is -4.24. The van der Waals surface area contributed by atoms with Gasteiger partial charge in [-0.2, -0.15) is 0 Å². The van der Waals surface area contributed by atoms with Gasteiger partial charge >= 0.3 is 0 Å². The SMILES string of the molecule is CCNC(=O)[C@@H](CC)N(Cc1ccccc1C)C(=O)CN(c1ccccc1OCC)S(=O)(=O)c1ccc(Cl)cc1. The van der Waals surface area contributed by atoms with Crippen molar-refractivity contribution in [1.29, 1.82) is 0 Å². The maximum Gasteiger partial charge on any atom is 0.264 e. The number of sulfonamides is 1. The lowest BCUT2D eigenvalue weighted by atomic mass is 10.1. The molecule has 0 fully saturated rings. The highest BCUT2D eigenvalue weighted by atomic mass is 35.5. The number of benzene rings is 3. The van der Waals surface area contributed by atoms with Crippen LogP contribution in [0.25, 0.3) is 0 Å². The second-order valence-electron chi connectivity index (χ2n) is 9.13. The lowest BCUT2D eigenvalue weighted by molar-refractivity contribution is -0.140. The van der Waals surface area contributed by atoms with Gasteiger partial charge in [-0.05, 0) is 74.7 Å². The highest BCUT2D eigenvalue weighted by molar-refractivity contribution is 7.92. The maximum absolute atomic E-state index is 14.1. The summed E-state index contributed by atoms with van der Waals surface area (Å²) in [6.07, 6.45) is 0.350. The molecule has 0 heterocycles. The average molecular weight is 586 g/mol. The lowest BCUT2D eigenvalue weighted by Gasteiger charge is -2.33. The highest BCUT2D eigenvalue weighted by Crippen LogP contribution is 2.33. The van der Waals surface area contributed by atoms with Crippen molar-refractivity contribution in [2.75, 3.05) is 24.0 Å². The Bertz CT molecular complexity index is 1410. The number of halogens is 1. The van der Waals surface area contributed by atoms with Gasteiger partial charge in [-0.3, -0.25) is 13.9 Å². The van der Waals surface area contributed by atoms with E-state index in [1.807, 2.05) is 45.0 Å². The Balaban J connectivity index is 2.12. The van der Waals surface area contributed by atoms with E-state index in [0.29, 0.717) is 30.3 Å². The Morgan fingerprint density at radius 1 is 0.950 bits per heavy atom. The minimum absolute atomic E-state index is 0.0303. The first-order valence-corrected chi connectivity index (χ1v) is 15.1. The third-order valence-electron chi connectivity index (χ3n) is 6.45. The minimum Gasteiger partial charge on any atom is -0.492 e. The van der Waals surface area contributed by atoms with Gasteiger partial charge in [0.15, 0.2) is 0 Å². The van der Waals surface area contributed by atoms with Crippen LogP contribution >= 0.6 is 11.6 Å². The summed E-state index contributed by atoms with van der Waals surface area (Å²) in [7, 11) is -4.24. The third kappa shape index (κ3) is 7.34. The summed E-state index contributed by atoms with van der Waals surface area (Å²) in [6, 6.07) is 19.2. The van der Waals surface area contributed by atoms with E-state index < -0.39 is 28.5 Å². The van der Waals surface area contributed by atoms with Crippen LogP contribution in [0.1, 0.15) is 38.3 Å². The normalized spacial score (nSPS) is 11.9. The molecule has 1 N–H and O–H groups in total. The van der Waals surface area contributed by atoms with Crippen LogP contribution in [0.5, 0.6) is 5.75 Å². The number of carbonyl (C=O) groups is 2. The molecule has 0 aliphatic heterocycles. The summed E-state index contributed by atoms with van der Waals surface area (Å²) in [5, 5.41) is 3.19. The van der Waals surface area contributed by atoms with Crippen LogP contribution in [0.4, 0.5) is 5.69 Å². The van der Waals surface area contributed by atoms with Crippen LogP contribution in [-0.2, 0) is 26.2 Å². The fourth-order valence-electron chi connectivity index (χ4n) is 4.37. The molecule has 3 rings (SSSR count). The Kier molecular flexibility index (Phi) is 11.0. The second-order valence-corrected chi connectivity index (χ2v) is 11.4. The molecule has 0 aliphatic rings. The smallest absolute Gasteiger partial charge is 0.264 e. The molecule has 0 saturated carbocycles. The molecule has 0 aliphatic carbocycles. The largest absolute Gasteiger partial charge is 0.492 e. The first-order valence-electron chi connectivity index (χ1n) is 13.3. The van der Waals surface area contributed by atoms with Crippen molar-refractivity contribution in [3.05, 3.63) is 88.9 Å². The van der Waals surface area contributed by atoms with Crippen LogP contribution in [0.3, 0.4) is 0 Å². The number of carbonyl (C=O) groups excluding carboxylic acids is 2. The second kappa shape index (κ2) is 14.2. The molecule has 3 aromatic carbocycles. The number of anilines is 1. The Morgan fingerprint density at radius 3 is 2.23 bits per heavy atom. The van der Waals surface area contributed by atoms with Crippen LogP contribution in [-0.4, -0.2) is 50.9 Å². The van der Waals surface area contributed by atoms with Gasteiger partial charge in [-0.1, -0.05) is 54.9 Å². The molecule has 3 aromatic rings. The van der Waals surface area contributed by atoms with Crippen LogP contribution in [0.15, 0.2) is 77.7 Å². The molecule has 2 amide bonds. The average Bonchev–Trinajstić information content (AvgIpc) is 2.93. The number of likely N-dealkylation sites (N-methyl/N-ethyl adjacent to an activating group) is 1. The summed E-state index contributed by atoms with van der Waals surface area (Å²) in [5.41, 5.74) is 2.04. The number of ether oxygens (including phenoxy) is 1. The summed E-state index contributed by atoms with van der Waals surface area (Å²) < 4.78 is 34.8. The molecule has 10 heteroatoms. The van der Waals surface area contributed by atoms with Gasteiger partial charge in [0.05, 0.1) is 17.2 Å². The monoisotopic (exact) mass is 585 g/mol. The van der Waals surface area contributed by atoms with Gasteiger partial charge in [0.2, 0.25) is 11.8 Å². The Hall–Kier alpha value is -3.56. The molecule has 1 atom stereocenters. The van der Waals surface area contributed by atoms with E-state index in [1.165, 1.54) is 29.2 Å². The van der Waals surface area contributed by atoms with Crippen LogP contribution < -0.4 is 14.4 Å². The van der Waals surface area contributed by atoms with E-state index in [9.17, 15) is 18.0 Å². The molecule has 0 spiro atoms. The zero-order valence-electron chi connectivity index (χ0n) is 23.3. The van der Waals surface area contributed by atoms with Gasteiger partial charge in [-0.25, -0.2) is 8.42 Å². The van der Waals surface area contributed by atoms with E-state index in [2.05, 4.69) is 5.32 Å². The summed E-state index contributed by atoms with van der Waals surface area (Å²) >= 11 is 6.02. The lowest BCUT2D eigenvalue weighted by Crippen LogP contribution is -2.52. The summed E-state index contributed by atoms with van der Waals surface area (Å²) in [5.74, 6) is -0.504. The van der Waals surface area contributed by atoms with Gasteiger partial charge < -0.3 is 15.0 Å². The van der Waals surface area contributed by atoms with E-state index in [-0.39, 0.29) is 23.0 Å². The topological polar surface area (TPSA) is 96.0 Å². The first-order chi connectivity index (χ1) is 19.1. The number of hydrogen-bond donors (Lipinski definition) is 1. The summed E-state index contributed by atoms with van der Waals surface area (Å²) in [6.45, 7) is 7.66. The fourth-order valence-corrected chi connectivity index (χ4v) is 5.92. The van der Waals surface area contributed by atoms with Gasteiger partial charge in [0.25, 0.3) is 10.0 Å². The maximum atomic E-state index is 14.1. The molecule has 40 heavy (non-hydrogen) atoms. The Morgan fingerprint density at radius 2 is 1.60 bits per heavy atom. The van der Waals surface area contributed by atoms with Crippen molar-refractivity contribution in [1.82, 2.24) is 10.2 Å². The Labute approximate surface area is 241 Å². The van der Waals surface area contributed by atoms with Crippen LogP contribution in [0, 0.1) is 6.92 Å². The zero-order valence-corrected chi connectivity index (χ0v) is 24.8. The number of rotatable bonds is 13. The molecule has 0 saturated heterocycles. The number of nitrogens with one attached hydrogen (secondary N) is 1. The molecule has 0 aromatic heterocycles. The fraction of sp³-hybridized carbons (Fsp3) is 0.333. The predicted molar refractivity (Wildman–Crippen MR) is 158 cm³/mol. The van der Waals surface area contributed by atoms with E-state index in [1.54, 1.807) is 31.2 Å². The van der Waals surface area contributed by atoms with Crippen molar-refractivity contribution in [2.45, 2.75) is 51.6 Å². The van der Waals surface area contributed by atoms with Crippen molar-refractivity contribution < 1.29 is 22.7 Å². The van der Waals surface area contributed by atoms with E-state index in [4.69, 9.17) is 16.3 Å². The number of para-hydroxylation sites is 2. The number of aryl methyl sites for hydroxylation is 1. The number of amides is 2. The number of nitrogens with zero attached hydrogens (tertiary/aromatic N) is 2. The number of hydrogen-bond acceptors (Lipinski definition) is 5. The van der Waals surface area contributed by atoms with Crippen molar-refractivity contribution in [3.63, 3.8) is 0 Å². The molecular formula is C30H36ClN3O5S. The van der Waals surface area contributed by atoms with Crippen LogP contribution in [0.2, 0.25) is 5.02 Å². The third-order valence-corrected chi connectivity index (χ3v) is 8.48. The highest BCUT2D eigenvalue weighted by Gasteiger charge is 2.34. The van der Waals surface area contributed by atoms with Crippen molar-refractivity contribution in [3.8, 4) is 5.75 Å². The zero-order chi connectivity index (χ0) is 29.3.